The molecular formula is C27H23BrFN3O4S. The largest absolute Gasteiger partial charge is 0.462 e. The molecule has 190 valence electrons. The lowest BCUT2D eigenvalue weighted by atomic mass is 10.2. The summed E-state index contributed by atoms with van der Waals surface area (Å²) in [5, 5.41) is 2.48. The maximum Gasteiger partial charge on any atom is 0.338 e. The molecule has 0 aromatic heterocycles. The van der Waals surface area contributed by atoms with Crippen molar-refractivity contribution in [1.29, 1.82) is 0 Å². The highest BCUT2D eigenvalue weighted by atomic mass is 79.9. The molecule has 0 spiro atoms. The minimum absolute atomic E-state index is 0.0213. The van der Waals surface area contributed by atoms with Gasteiger partial charge in [-0.15, -0.1) is 0 Å². The molecule has 3 aromatic carbocycles. The van der Waals surface area contributed by atoms with Crippen molar-refractivity contribution in [3.8, 4) is 0 Å². The van der Waals surface area contributed by atoms with Gasteiger partial charge in [-0.05, 0) is 67.1 Å². The number of halogens is 2. The van der Waals surface area contributed by atoms with E-state index in [1.165, 1.54) is 28.8 Å². The number of amidine groups is 1. The lowest BCUT2D eigenvalue weighted by Crippen LogP contribution is -2.44. The van der Waals surface area contributed by atoms with Crippen molar-refractivity contribution in [2.24, 2.45) is 4.99 Å². The van der Waals surface area contributed by atoms with Crippen LogP contribution in [0.2, 0.25) is 0 Å². The highest BCUT2D eigenvalue weighted by Crippen LogP contribution is 2.31. The number of amides is 2. The third-order valence-electron chi connectivity index (χ3n) is 5.38. The molecule has 2 amide bonds. The number of aliphatic imine (C=N–C) groups is 1. The molecule has 37 heavy (non-hydrogen) atoms. The number of carbonyl (C=O) groups excluding carboxylic acids is 3. The monoisotopic (exact) mass is 583 g/mol. The van der Waals surface area contributed by atoms with Gasteiger partial charge in [0, 0.05) is 16.6 Å². The van der Waals surface area contributed by atoms with Crippen molar-refractivity contribution in [1.82, 2.24) is 4.90 Å². The second-order valence-corrected chi connectivity index (χ2v) is 10.2. The first-order chi connectivity index (χ1) is 17.8. The van der Waals surface area contributed by atoms with E-state index in [-0.39, 0.29) is 37.2 Å². The van der Waals surface area contributed by atoms with Gasteiger partial charge in [0.05, 0.1) is 24.4 Å². The molecular weight excluding hydrogens is 561 g/mol. The Hall–Kier alpha value is -3.50. The molecule has 4 rings (SSSR count). The van der Waals surface area contributed by atoms with Crippen LogP contribution in [0.25, 0.3) is 0 Å². The second-order valence-electron chi connectivity index (χ2n) is 8.08. The average molecular weight is 584 g/mol. The van der Waals surface area contributed by atoms with Gasteiger partial charge >= 0.3 is 5.97 Å². The van der Waals surface area contributed by atoms with E-state index >= 15 is 0 Å². The molecule has 1 unspecified atom stereocenters. The number of nitrogens with zero attached hydrogens (tertiary/aromatic N) is 2. The number of thioether (sulfide) groups is 1. The summed E-state index contributed by atoms with van der Waals surface area (Å²) >= 11 is 4.56. The number of hydrogen-bond acceptors (Lipinski definition) is 6. The molecule has 7 nitrogen and oxygen atoms in total. The van der Waals surface area contributed by atoms with Crippen molar-refractivity contribution in [2.45, 2.75) is 25.1 Å². The number of esters is 1. The van der Waals surface area contributed by atoms with Crippen LogP contribution in [0, 0.1) is 5.82 Å². The van der Waals surface area contributed by atoms with Gasteiger partial charge in [0.2, 0.25) is 11.8 Å². The van der Waals surface area contributed by atoms with E-state index in [9.17, 15) is 18.8 Å². The fraction of sp³-hybridized carbons (Fsp3) is 0.185. The lowest BCUT2D eigenvalue weighted by Gasteiger charge is -2.32. The fourth-order valence-electron chi connectivity index (χ4n) is 3.56. The molecule has 3 aromatic rings. The van der Waals surface area contributed by atoms with Gasteiger partial charge in [-0.25, -0.2) is 14.2 Å². The van der Waals surface area contributed by atoms with E-state index in [2.05, 4.69) is 26.2 Å². The highest BCUT2D eigenvalue weighted by Gasteiger charge is 2.36. The number of carbonyl (C=O) groups is 3. The summed E-state index contributed by atoms with van der Waals surface area (Å²) in [6, 6.07) is 19.5. The average Bonchev–Trinajstić information content (AvgIpc) is 2.87. The summed E-state index contributed by atoms with van der Waals surface area (Å²) in [6.45, 7) is 2.17. The fourth-order valence-corrected chi connectivity index (χ4v) is 5.05. The van der Waals surface area contributed by atoms with E-state index in [1.807, 2.05) is 6.07 Å². The van der Waals surface area contributed by atoms with Gasteiger partial charge in [-0.3, -0.25) is 14.5 Å². The number of ether oxygens (including phenoxy) is 1. The molecule has 0 aliphatic carbocycles. The van der Waals surface area contributed by atoms with Crippen LogP contribution < -0.4 is 5.32 Å². The molecule has 10 heteroatoms. The Labute approximate surface area is 226 Å². The van der Waals surface area contributed by atoms with Crippen LogP contribution in [-0.4, -0.2) is 39.7 Å². The standard InChI is InChI=1S/C27H23BrFN3O4S/c1-2-36-26(35)18-8-12-21(13-9-18)31-27-32(16-17-6-10-20(29)11-7-17)24(33)15-23(37-27)25(34)30-22-5-3-4-19(28)14-22/h3-14,23H,2,15-16H2,1H3,(H,30,34). The smallest absolute Gasteiger partial charge is 0.338 e. The molecule has 1 aliphatic heterocycles. The van der Waals surface area contributed by atoms with Crippen LogP contribution in [-0.2, 0) is 20.9 Å². The van der Waals surface area contributed by atoms with Gasteiger partial charge < -0.3 is 10.1 Å². The van der Waals surface area contributed by atoms with Crippen molar-refractivity contribution in [3.63, 3.8) is 0 Å². The number of anilines is 1. The van der Waals surface area contributed by atoms with Crippen LogP contribution in [0.15, 0.2) is 82.3 Å². The number of rotatable bonds is 7. The summed E-state index contributed by atoms with van der Waals surface area (Å²) in [5.41, 5.74) is 2.21. The molecule has 1 N–H and O–H groups in total. The van der Waals surface area contributed by atoms with Crippen LogP contribution >= 0.6 is 27.7 Å². The summed E-state index contributed by atoms with van der Waals surface area (Å²) in [5.74, 6) is -1.41. The third kappa shape index (κ3) is 7.05. The van der Waals surface area contributed by atoms with Gasteiger partial charge in [0.25, 0.3) is 0 Å². The molecule has 0 saturated carbocycles. The predicted molar refractivity (Wildman–Crippen MR) is 145 cm³/mol. The molecule has 1 fully saturated rings. The molecule has 1 heterocycles. The Balaban J connectivity index is 1.60. The first kappa shape index (κ1) is 26.6. The lowest BCUT2D eigenvalue weighted by molar-refractivity contribution is -0.129. The van der Waals surface area contributed by atoms with Crippen LogP contribution in [0.4, 0.5) is 15.8 Å². The maximum absolute atomic E-state index is 13.4. The second kappa shape index (κ2) is 12.2. The predicted octanol–water partition coefficient (Wildman–Crippen LogP) is 5.93. The van der Waals surface area contributed by atoms with E-state index in [1.54, 1.807) is 61.5 Å². The van der Waals surface area contributed by atoms with Gasteiger partial charge in [0.15, 0.2) is 5.17 Å². The normalized spacial score (nSPS) is 16.5. The van der Waals surface area contributed by atoms with Crippen molar-refractivity contribution in [2.75, 3.05) is 11.9 Å². The minimum atomic E-state index is -0.700. The zero-order valence-electron chi connectivity index (χ0n) is 19.8. The molecule has 1 saturated heterocycles. The van der Waals surface area contributed by atoms with Crippen LogP contribution in [0.3, 0.4) is 0 Å². The molecule has 0 bridgehead atoms. The van der Waals surface area contributed by atoms with E-state index in [4.69, 9.17) is 4.74 Å². The Bertz CT molecular complexity index is 1330. The summed E-state index contributed by atoms with van der Waals surface area (Å²) < 4.78 is 19.2. The van der Waals surface area contributed by atoms with Crippen molar-refractivity contribution in [3.05, 3.63) is 94.2 Å². The third-order valence-corrected chi connectivity index (χ3v) is 7.06. The molecule has 0 radical (unpaired) electrons. The summed E-state index contributed by atoms with van der Waals surface area (Å²) in [4.78, 5) is 44.3. The zero-order valence-corrected chi connectivity index (χ0v) is 22.2. The molecule has 1 atom stereocenters. The first-order valence-electron chi connectivity index (χ1n) is 11.5. The Morgan fingerprint density at radius 1 is 1.14 bits per heavy atom. The number of hydrogen-bond donors (Lipinski definition) is 1. The van der Waals surface area contributed by atoms with E-state index in [0.717, 1.165) is 10.0 Å². The van der Waals surface area contributed by atoms with Crippen LogP contribution in [0.1, 0.15) is 29.3 Å². The minimum Gasteiger partial charge on any atom is -0.462 e. The Kier molecular flexibility index (Phi) is 8.73. The summed E-state index contributed by atoms with van der Waals surface area (Å²) in [6.07, 6.45) is -0.0213. The SMILES string of the molecule is CCOC(=O)c1ccc(N=C2SC(C(=O)Nc3cccc(Br)c3)CC(=O)N2Cc2ccc(F)cc2)cc1. The van der Waals surface area contributed by atoms with Crippen molar-refractivity contribution >= 4 is 62.0 Å². The van der Waals surface area contributed by atoms with Gasteiger partial charge in [-0.2, -0.15) is 0 Å². The zero-order chi connectivity index (χ0) is 26.4. The molecule has 1 aliphatic rings. The summed E-state index contributed by atoms with van der Waals surface area (Å²) in [7, 11) is 0. The number of benzene rings is 3. The Morgan fingerprint density at radius 3 is 2.54 bits per heavy atom. The van der Waals surface area contributed by atoms with E-state index < -0.39 is 11.2 Å². The van der Waals surface area contributed by atoms with Gasteiger partial charge in [-0.1, -0.05) is 45.9 Å². The van der Waals surface area contributed by atoms with Gasteiger partial charge in [0.1, 0.15) is 11.1 Å². The quantitative estimate of drug-likeness (QED) is 0.348. The Morgan fingerprint density at radius 2 is 1.86 bits per heavy atom. The first-order valence-corrected chi connectivity index (χ1v) is 13.1. The topological polar surface area (TPSA) is 88.1 Å². The van der Waals surface area contributed by atoms with Crippen molar-refractivity contribution < 1.29 is 23.5 Å². The highest BCUT2D eigenvalue weighted by molar-refractivity contribution is 9.10. The number of nitrogens with one attached hydrogen (secondary N) is 1. The van der Waals surface area contributed by atoms with Crippen LogP contribution in [0.5, 0.6) is 0 Å². The maximum atomic E-state index is 13.4. The van der Waals surface area contributed by atoms with E-state index in [0.29, 0.717) is 22.1 Å².